The Morgan fingerprint density at radius 2 is 1.66 bits per heavy atom. The number of likely N-dealkylation sites (N-methyl/N-ethyl adjacent to an activating group) is 1. The topological polar surface area (TPSA) is 40.5 Å². The summed E-state index contributed by atoms with van der Waals surface area (Å²) in [5.74, 6) is -0.344. The summed E-state index contributed by atoms with van der Waals surface area (Å²) in [6.45, 7) is 11.3. The van der Waals surface area contributed by atoms with Gasteiger partial charge in [-0.15, -0.1) is 17.5 Å². The number of rotatable bonds is 7. The molecule has 6 heteroatoms. The van der Waals surface area contributed by atoms with Gasteiger partial charge in [0.25, 0.3) is 0 Å². The first-order chi connectivity index (χ1) is 16.3. The van der Waals surface area contributed by atoms with E-state index in [1.54, 1.807) is 32.0 Å². The molecule has 180 valence electrons. The van der Waals surface area contributed by atoms with Gasteiger partial charge in [-0.05, 0) is 77.8 Å². The average molecular weight is 714 g/mol. The zero-order chi connectivity index (χ0) is 24.7. The van der Waals surface area contributed by atoms with E-state index in [9.17, 15) is 14.3 Å². The maximum atomic E-state index is 13.3. The van der Waals surface area contributed by atoms with Crippen molar-refractivity contribution in [2.75, 3.05) is 19.6 Å². The number of thiophene rings is 1. The number of hydrogen-bond acceptors (Lipinski definition) is 4. The molecule has 0 spiro atoms. The Labute approximate surface area is 235 Å². The Morgan fingerprint density at radius 1 is 1.03 bits per heavy atom. The average Bonchev–Trinajstić information content (AvgIpc) is 3.23. The third kappa shape index (κ3) is 8.02. The molecule has 0 aliphatic rings. The Hall–Kier alpha value is -1.97. The first-order valence-electron chi connectivity index (χ1n) is 11.5. The van der Waals surface area contributed by atoms with Crippen LogP contribution < -0.4 is 0 Å². The van der Waals surface area contributed by atoms with E-state index >= 15 is 0 Å². The number of phenols is 1. The molecule has 1 heterocycles. The minimum absolute atomic E-state index is 0. The van der Waals surface area contributed by atoms with Gasteiger partial charge in [0.2, 0.25) is 0 Å². The first kappa shape index (κ1) is 29.3. The van der Waals surface area contributed by atoms with Crippen molar-refractivity contribution >= 4 is 27.2 Å². The van der Waals surface area contributed by atoms with E-state index in [2.05, 4.69) is 43.0 Å². The smallest absolute Gasteiger partial charge is 0.510 e. The van der Waals surface area contributed by atoms with Gasteiger partial charge in [-0.2, -0.15) is 35.9 Å². The molecular formula is C29H30FNO2SU. The molecule has 0 saturated heterocycles. The second-order valence-electron chi connectivity index (χ2n) is 8.17. The molecule has 1 aromatic heterocycles. The number of carbonyl (C=O) groups excluding carboxylic acids is 1. The Kier molecular flexibility index (Phi) is 11.7. The summed E-state index contributed by atoms with van der Waals surface area (Å²) in [5.41, 5.74) is 3.16. The second-order valence-corrected chi connectivity index (χ2v) is 9.22. The van der Waals surface area contributed by atoms with Crippen LogP contribution in [-0.4, -0.2) is 35.4 Å². The van der Waals surface area contributed by atoms with Crippen LogP contribution in [0.25, 0.3) is 10.1 Å². The summed E-state index contributed by atoms with van der Waals surface area (Å²) in [5, 5.41) is 10.3. The maximum Gasteiger partial charge on any atom is 2.00 e. The van der Waals surface area contributed by atoms with Crippen LogP contribution in [0.1, 0.15) is 45.8 Å². The van der Waals surface area contributed by atoms with E-state index < -0.39 is 0 Å². The van der Waals surface area contributed by atoms with Crippen molar-refractivity contribution in [2.45, 2.75) is 34.1 Å². The van der Waals surface area contributed by atoms with E-state index in [1.807, 2.05) is 12.1 Å². The fourth-order valence-corrected chi connectivity index (χ4v) is 4.84. The van der Waals surface area contributed by atoms with Crippen molar-refractivity contribution in [3.63, 3.8) is 0 Å². The molecule has 0 amide bonds. The maximum absolute atomic E-state index is 13.3. The number of benzene rings is 3. The summed E-state index contributed by atoms with van der Waals surface area (Å²) in [7, 11) is 0. The molecule has 0 unspecified atom stereocenters. The molecule has 4 aromatic rings. The molecule has 0 bridgehead atoms. The number of fused-ring (bicyclic) bond motifs is 1. The molecule has 1 N–H and O–H groups in total. The number of aromatic hydroxyl groups is 1. The number of halogens is 1. The Morgan fingerprint density at radius 3 is 2.26 bits per heavy atom. The van der Waals surface area contributed by atoms with Crippen LogP contribution in [0.4, 0.5) is 4.39 Å². The number of nitrogens with zero attached hydrogens (tertiary/aromatic N) is 1. The van der Waals surface area contributed by atoms with Crippen LogP contribution in [0.3, 0.4) is 0 Å². The van der Waals surface area contributed by atoms with Crippen molar-refractivity contribution in [1.29, 1.82) is 0 Å². The normalized spacial score (nSPS) is 10.6. The van der Waals surface area contributed by atoms with Crippen molar-refractivity contribution in [1.82, 2.24) is 4.90 Å². The molecule has 0 saturated carbocycles. The molecule has 3 nitrogen and oxygen atoms in total. The van der Waals surface area contributed by atoms with Crippen molar-refractivity contribution in [2.24, 2.45) is 0 Å². The summed E-state index contributed by atoms with van der Waals surface area (Å²) < 4.78 is 14.1. The third-order valence-corrected chi connectivity index (χ3v) is 6.80. The van der Waals surface area contributed by atoms with Gasteiger partial charge in [-0.3, -0.25) is 0 Å². The zero-order valence-electron chi connectivity index (χ0n) is 20.6. The molecule has 0 radical (unpaired) electrons. The van der Waals surface area contributed by atoms with Gasteiger partial charge in [0.05, 0.1) is 5.75 Å². The number of phenolic OH excluding ortho intramolecular Hbond substituents is 1. The molecule has 3 aromatic carbocycles. The van der Waals surface area contributed by atoms with Crippen LogP contribution in [0.2, 0.25) is 0 Å². The zero-order valence-corrected chi connectivity index (χ0v) is 25.6. The Balaban J connectivity index is 0.000000268. The minimum atomic E-state index is -0.341. The number of ketones is 1. The van der Waals surface area contributed by atoms with Gasteiger partial charge in [0.15, 0.2) is 0 Å². The molecule has 0 aliphatic heterocycles. The van der Waals surface area contributed by atoms with Gasteiger partial charge in [0, 0.05) is 6.54 Å². The number of aryl methyl sites for hydroxylation is 2. The Bertz CT molecular complexity index is 1230. The summed E-state index contributed by atoms with van der Waals surface area (Å²) >= 11 is 1.28. The van der Waals surface area contributed by atoms with Gasteiger partial charge in [-0.1, -0.05) is 19.9 Å². The SMILES string of the molecule is CCN(CC)CCc1cc[c-]cc1.Cc1cc(F)cc(C)c1C(=O)c1[c-]c2ccc(O)cc2s1.[U+2]. The van der Waals surface area contributed by atoms with Gasteiger partial charge >= 0.3 is 31.1 Å². The number of hydrogen-bond donors (Lipinski definition) is 1. The van der Waals surface area contributed by atoms with E-state index in [-0.39, 0.29) is 48.5 Å². The van der Waals surface area contributed by atoms with Gasteiger partial charge in [-0.25, -0.2) is 15.7 Å². The first-order valence-corrected chi connectivity index (χ1v) is 12.3. The summed E-state index contributed by atoms with van der Waals surface area (Å²) in [6, 6.07) is 22.0. The fraction of sp³-hybridized carbons (Fsp3) is 0.276. The predicted octanol–water partition coefficient (Wildman–Crippen LogP) is 6.77. The second kappa shape index (κ2) is 13.9. The van der Waals surface area contributed by atoms with Crippen LogP contribution in [0, 0.1) is 62.9 Å². The summed E-state index contributed by atoms with van der Waals surface area (Å²) in [6.07, 6.45) is 1.15. The van der Waals surface area contributed by atoms with Gasteiger partial charge in [0.1, 0.15) is 11.6 Å². The van der Waals surface area contributed by atoms with Crippen LogP contribution in [0.5, 0.6) is 5.75 Å². The van der Waals surface area contributed by atoms with Crippen molar-refractivity contribution in [3.8, 4) is 5.75 Å². The third-order valence-electron chi connectivity index (χ3n) is 5.75. The molecule has 35 heavy (non-hydrogen) atoms. The molecular weight excluding hydrogens is 683 g/mol. The molecule has 4 rings (SSSR count). The quantitative estimate of drug-likeness (QED) is 0.170. The summed E-state index contributed by atoms with van der Waals surface area (Å²) in [4.78, 5) is 15.6. The monoisotopic (exact) mass is 713 g/mol. The van der Waals surface area contributed by atoms with Gasteiger partial charge < -0.3 is 14.8 Å². The molecule has 0 fully saturated rings. The van der Waals surface area contributed by atoms with E-state index in [4.69, 9.17) is 0 Å². The van der Waals surface area contributed by atoms with Crippen LogP contribution in [-0.2, 0) is 6.42 Å². The van der Waals surface area contributed by atoms with E-state index in [1.165, 1.54) is 29.0 Å². The molecule has 0 aliphatic carbocycles. The largest absolute Gasteiger partial charge is 2.00 e. The van der Waals surface area contributed by atoms with E-state index in [0.717, 1.165) is 36.1 Å². The standard InChI is InChI=1S/C17H12FO2S.C12H18N.U/c1-9-5-12(18)6-10(2)16(9)17(20)15-7-11-3-4-13(19)8-14(11)21-15;1-3-13(4-2)11-10-12-8-6-5-7-9-12;/h3-6,8,19H,1-2H3;6-9H,3-4,10-11H2,1-2H3;/q2*-1;+2. The van der Waals surface area contributed by atoms with Crippen LogP contribution in [0.15, 0.2) is 54.6 Å². The fourth-order valence-electron chi connectivity index (χ4n) is 3.86. The number of carbonyl (C=O) groups is 1. The molecule has 0 atom stereocenters. The predicted molar refractivity (Wildman–Crippen MR) is 138 cm³/mol. The van der Waals surface area contributed by atoms with E-state index in [0.29, 0.717) is 21.6 Å². The minimum Gasteiger partial charge on any atom is -0.510 e. The van der Waals surface area contributed by atoms with Crippen molar-refractivity contribution in [3.05, 3.63) is 99.7 Å². The van der Waals surface area contributed by atoms with Crippen LogP contribution >= 0.6 is 11.3 Å². The van der Waals surface area contributed by atoms with Crippen molar-refractivity contribution < 1.29 is 45.4 Å².